The van der Waals surface area contributed by atoms with Gasteiger partial charge in [-0.3, -0.25) is 14.4 Å². The van der Waals surface area contributed by atoms with E-state index < -0.39 is 47.9 Å². The van der Waals surface area contributed by atoms with Crippen LogP contribution >= 0.6 is 24.4 Å². The molecule has 4 atom stereocenters. The molecule has 180 valence electrons. The predicted octanol–water partition coefficient (Wildman–Crippen LogP) is 0.628. The second-order valence-corrected chi connectivity index (χ2v) is 9.70. The van der Waals surface area contributed by atoms with Crippen molar-refractivity contribution in [2.45, 2.75) is 71.1 Å². The first-order valence-corrected chi connectivity index (χ1v) is 12.4. The van der Waals surface area contributed by atoms with Gasteiger partial charge in [-0.1, -0.05) is 27.7 Å². The summed E-state index contributed by atoms with van der Waals surface area (Å²) in [6.07, 6.45) is 3.02. The van der Waals surface area contributed by atoms with E-state index in [1.807, 2.05) is 34.0 Å². The zero-order valence-corrected chi connectivity index (χ0v) is 20.7. The number of hydrogen-bond acceptors (Lipinski definition) is 7. The Morgan fingerprint density at radius 1 is 0.871 bits per heavy atom. The van der Waals surface area contributed by atoms with Gasteiger partial charge in [-0.25, -0.2) is 4.79 Å². The minimum absolute atomic E-state index is 0.0266. The number of carboxylic acid groups (broad SMARTS) is 1. The largest absolute Gasteiger partial charge is 0.480 e. The molecule has 0 saturated carbocycles. The first kappa shape index (κ1) is 29.5. The van der Waals surface area contributed by atoms with Crippen LogP contribution in [0.15, 0.2) is 0 Å². The maximum Gasteiger partial charge on any atom is 0.326 e. The van der Waals surface area contributed by atoms with Gasteiger partial charge in [0, 0.05) is 5.75 Å². The molecule has 9 nitrogen and oxygen atoms in total. The molecule has 0 aliphatic rings. The van der Waals surface area contributed by atoms with Crippen molar-refractivity contribution in [3.63, 3.8) is 0 Å². The average molecular weight is 479 g/mol. The quantitative estimate of drug-likeness (QED) is 0.189. The van der Waals surface area contributed by atoms with E-state index in [9.17, 15) is 24.3 Å². The topological polar surface area (TPSA) is 151 Å². The minimum atomic E-state index is -1.14. The van der Waals surface area contributed by atoms with E-state index >= 15 is 0 Å². The predicted molar refractivity (Wildman–Crippen MR) is 127 cm³/mol. The lowest BCUT2D eigenvalue weighted by atomic mass is 10.0. The van der Waals surface area contributed by atoms with Gasteiger partial charge in [0.25, 0.3) is 0 Å². The fourth-order valence-corrected chi connectivity index (χ4v) is 3.54. The zero-order chi connectivity index (χ0) is 24.1. The molecule has 0 aliphatic carbocycles. The monoisotopic (exact) mass is 478 g/mol. The Balaban J connectivity index is 5.19. The summed E-state index contributed by atoms with van der Waals surface area (Å²) in [6.45, 7) is 7.52. The van der Waals surface area contributed by atoms with Crippen LogP contribution in [0.2, 0.25) is 0 Å². The molecule has 0 fully saturated rings. The van der Waals surface area contributed by atoms with Gasteiger partial charge in [-0.15, -0.1) is 0 Å². The van der Waals surface area contributed by atoms with Crippen molar-refractivity contribution < 1.29 is 24.3 Å². The van der Waals surface area contributed by atoms with E-state index in [1.54, 1.807) is 11.8 Å². The normalized spacial score (nSPS) is 15.1. The van der Waals surface area contributed by atoms with E-state index in [1.165, 1.54) is 0 Å². The number of thiol groups is 1. The molecule has 0 aromatic carbocycles. The summed E-state index contributed by atoms with van der Waals surface area (Å²) in [5.74, 6) is -1.89. The van der Waals surface area contributed by atoms with E-state index in [0.717, 1.165) is 5.75 Å². The number of nitrogens with one attached hydrogen (secondary N) is 3. The Morgan fingerprint density at radius 3 is 1.77 bits per heavy atom. The van der Waals surface area contributed by atoms with Gasteiger partial charge >= 0.3 is 5.97 Å². The van der Waals surface area contributed by atoms with Crippen molar-refractivity contribution in [2.75, 3.05) is 17.8 Å². The summed E-state index contributed by atoms with van der Waals surface area (Å²) in [7, 11) is 0. The second-order valence-electron chi connectivity index (χ2n) is 8.35. The summed E-state index contributed by atoms with van der Waals surface area (Å²) in [5.41, 5.74) is 5.89. The number of rotatable bonds is 15. The Morgan fingerprint density at radius 2 is 1.32 bits per heavy atom. The van der Waals surface area contributed by atoms with Crippen LogP contribution in [-0.2, 0) is 19.2 Å². The molecule has 6 N–H and O–H groups in total. The van der Waals surface area contributed by atoms with Crippen LogP contribution in [0.4, 0.5) is 0 Å². The molecule has 0 bridgehead atoms. The standard InChI is InChI=1S/C20H38N4O5S2/c1-11(2)8-14(22-17(25)13(21)6-7-31-5)18(26)24-16(10-30)19(27)23-15(20(28)29)9-12(3)4/h11-16,30H,6-10,21H2,1-5H3,(H,22,25)(H,23,27)(H,24,26)(H,28,29). The Hall–Kier alpha value is -1.46. The van der Waals surface area contributed by atoms with Gasteiger partial charge in [0.2, 0.25) is 17.7 Å². The van der Waals surface area contributed by atoms with Crippen LogP contribution in [0.25, 0.3) is 0 Å². The van der Waals surface area contributed by atoms with E-state index in [4.69, 9.17) is 5.73 Å². The number of nitrogens with two attached hydrogens (primary N) is 1. The maximum atomic E-state index is 12.8. The first-order chi connectivity index (χ1) is 14.4. The van der Waals surface area contributed by atoms with E-state index in [2.05, 4.69) is 28.6 Å². The summed E-state index contributed by atoms with van der Waals surface area (Å²) in [5, 5.41) is 17.0. The number of amides is 3. The molecule has 0 radical (unpaired) electrons. The van der Waals surface area contributed by atoms with Crippen LogP contribution in [0.3, 0.4) is 0 Å². The third kappa shape index (κ3) is 12.2. The molecule has 4 unspecified atom stereocenters. The Bertz CT molecular complexity index is 604. The molecule has 0 rings (SSSR count). The summed E-state index contributed by atoms with van der Waals surface area (Å²) < 4.78 is 0. The third-order valence-electron chi connectivity index (χ3n) is 4.45. The summed E-state index contributed by atoms with van der Waals surface area (Å²) in [6, 6.07) is -3.70. The zero-order valence-electron chi connectivity index (χ0n) is 19.0. The second kappa shape index (κ2) is 15.4. The van der Waals surface area contributed by atoms with Gasteiger partial charge in [0.1, 0.15) is 18.1 Å². The Labute approximate surface area is 194 Å². The van der Waals surface area contributed by atoms with Crippen LogP contribution in [0, 0.1) is 11.8 Å². The van der Waals surface area contributed by atoms with Crippen molar-refractivity contribution in [1.82, 2.24) is 16.0 Å². The third-order valence-corrected chi connectivity index (χ3v) is 5.46. The first-order valence-electron chi connectivity index (χ1n) is 10.4. The minimum Gasteiger partial charge on any atom is -0.480 e. The van der Waals surface area contributed by atoms with Crippen LogP contribution < -0.4 is 21.7 Å². The van der Waals surface area contributed by atoms with Crippen molar-refractivity contribution in [3.8, 4) is 0 Å². The lowest BCUT2D eigenvalue weighted by Crippen LogP contribution is -2.58. The van der Waals surface area contributed by atoms with Crippen molar-refractivity contribution in [3.05, 3.63) is 0 Å². The summed E-state index contributed by atoms with van der Waals surface area (Å²) >= 11 is 5.69. The highest BCUT2D eigenvalue weighted by Gasteiger charge is 2.30. The number of carboxylic acids is 1. The van der Waals surface area contributed by atoms with Crippen LogP contribution in [-0.4, -0.2) is 70.7 Å². The van der Waals surface area contributed by atoms with Gasteiger partial charge < -0.3 is 26.8 Å². The molecule has 0 heterocycles. The molecular weight excluding hydrogens is 440 g/mol. The van der Waals surface area contributed by atoms with Gasteiger partial charge in [-0.2, -0.15) is 24.4 Å². The van der Waals surface area contributed by atoms with Crippen LogP contribution in [0.1, 0.15) is 47.0 Å². The smallest absolute Gasteiger partial charge is 0.326 e. The number of aliphatic carboxylic acids is 1. The van der Waals surface area contributed by atoms with Gasteiger partial charge in [0.15, 0.2) is 0 Å². The number of thioether (sulfide) groups is 1. The molecule has 0 saturated heterocycles. The molecular formula is C20H38N4O5S2. The maximum absolute atomic E-state index is 12.8. The van der Waals surface area contributed by atoms with E-state index in [-0.39, 0.29) is 24.0 Å². The lowest BCUT2D eigenvalue weighted by molar-refractivity contribution is -0.142. The molecule has 0 aliphatic heterocycles. The highest BCUT2D eigenvalue weighted by atomic mass is 32.2. The number of hydrogen-bond donors (Lipinski definition) is 6. The van der Waals surface area contributed by atoms with Crippen molar-refractivity contribution >= 4 is 48.1 Å². The van der Waals surface area contributed by atoms with Crippen LogP contribution in [0.5, 0.6) is 0 Å². The van der Waals surface area contributed by atoms with Crippen molar-refractivity contribution in [1.29, 1.82) is 0 Å². The van der Waals surface area contributed by atoms with Crippen molar-refractivity contribution in [2.24, 2.45) is 17.6 Å². The molecule has 31 heavy (non-hydrogen) atoms. The van der Waals surface area contributed by atoms with E-state index in [0.29, 0.717) is 12.8 Å². The molecule has 0 spiro atoms. The fourth-order valence-electron chi connectivity index (χ4n) is 2.79. The molecule has 0 aromatic rings. The molecule has 3 amide bonds. The highest BCUT2D eigenvalue weighted by Crippen LogP contribution is 2.08. The lowest BCUT2D eigenvalue weighted by Gasteiger charge is -2.25. The molecule has 11 heteroatoms. The SMILES string of the molecule is CSCCC(N)C(=O)NC(CC(C)C)C(=O)NC(CS)C(=O)NC(CC(C)C)C(=O)O. The number of carbonyl (C=O) groups excluding carboxylic acids is 3. The fraction of sp³-hybridized carbons (Fsp3) is 0.800. The highest BCUT2D eigenvalue weighted by molar-refractivity contribution is 7.98. The summed E-state index contributed by atoms with van der Waals surface area (Å²) in [4.78, 5) is 49.2. The number of carbonyl (C=O) groups is 4. The average Bonchev–Trinajstić information content (AvgIpc) is 2.67. The van der Waals surface area contributed by atoms with Gasteiger partial charge in [0.05, 0.1) is 6.04 Å². The molecule has 0 aromatic heterocycles. The Kier molecular flexibility index (Phi) is 14.6. The van der Waals surface area contributed by atoms with Gasteiger partial charge in [-0.05, 0) is 43.1 Å².